The molecule has 0 fully saturated rings. The number of thiazole rings is 1. The highest BCUT2D eigenvalue weighted by Gasteiger charge is 2.23. The minimum Gasteiger partial charge on any atom is -0.349 e. The summed E-state index contributed by atoms with van der Waals surface area (Å²) in [6, 6.07) is 15.5. The van der Waals surface area contributed by atoms with E-state index in [9.17, 15) is 18.0 Å². The molecule has 162 valence electrons. The van der Waals surface area contributed by atoms with Crippen LogP contribution >= 0.6 is 11.3 Å². The predicted molar refractivity (Wildman–Crippen MR) is 120 cm³/mol. The lowest BCUT2D eigenvalue weighted by Gasteiger charge is -2.17. The topological polar surface area (TPSA) is 108 Å². The molecule has 2 amide bonds. The van der Waals surface area contributed by atoms with E-state index < -0.39 is 15.9 Å². The Morgan fingerprint density at radius 3 is 2.39 bits per heavy atom. The van der Waals surface area contributed by atoms with Gasteiger partial charge in [0.2, 0.25) is 21.8 Å². The van der Waals surface area contributed by atoms with Crippen LogP contribution in [0.4, 0.5) is 5.69 Å². The smallest absolute Gasteiger partial charge is 0.243 e. The zero-order chi connectivity index (χ0) is 22.4. The summed E-state index contributed by atoms with van der Waals surface area (Å²) >= 11 is 1.48. The fourth-order valence-corrected chi connectivity index (χ4v) is 4.68. The molecule has 0 aliphatic carbocycles. The van der Waals surface area contributed by atoms with Crippen molar-refractivity contribution < 1.29 is 18.0 Å². The molecule has 10 heteroatoms. The lowest BCUT2D eigenvalue weighted by Crippen LogP contribution is -2.38. The second kappa shape index (κ2) is 9.82. The van der Waals surface area contributed by atoms with E-state index in [1.165, 1.54) is 49.6 Å². The van der Waals surface area contributed by atoms with Crippen LogP contribution in [-0.4, -0.2) is 43.1 Å². The van der Waals surface area contributed by atoms with Gasteiger partial charge in [-0.3, -0.25) is 9.59 Å². The number of benzene rings is 2. The summed E-state index contributed by atoms with van der Waals surface area (Å²) in [7, 11) is -2.51. The number of nitrogens with one attached hydrogen (secondary N) is 2. The number of hydrogen-bond donors (Lipinski definition) is 2. The standard InChI is InChI=1S/C21H22N4O4S2/c1-15(26)23-17-8-10-19(11-9-17)31(28,29)25(2)13-20(27)22-12-18-14-30-21(24-18)16-6-4-3-5-7-16/h3-11,14H,12-13H2,1-2H3,(H,22,27)(H,23,26). The Kier molecular flexibility index (Phi) is 7.16. The molecule has 0 saturated heterocycles. The maximum atomic E-state index is 12.7. The van der Waals surface area contributed by atoms with Crippen LogP contribution in [0.5, 0.6) is 0 Å². The van der Waals surface area contributed by atoms with Gasteiger partial charge in [0, 0.05) is 30.6 Å². The molecule has 1 aromatic heterocycles. The molecular formula is C21H22N4O4S2. The molecule has 8 nitrogen and oxygen atoms in total. The van der Waals surface area contributed by atoms with Gasteiger partial charge in [-0.25, -0.2) is 13.4 Å². The highest BCUT2D eigenvalue weighted by Crippen LogP contribution is 2.23. The van der Waals surface area contributed by atoms with E-state index in [0.717, 1.165) is 14.9 Å². The monoisotopic (exact) mass is 458 g/mol. The van der Waals surface area contributed by atoms with Crippen molar-refractivity contribution in [2.24, 2.45) is 0 Å². The molecule has 2 aromatic carbocycles. The first-order valence-electron chi connectivity index (χ1n) is 9.36. The number of amides is 2. The Morgan fingerprint density at radius 1 is 1.06 bits per heavy atom. The number of likely N-dealkylation sites (N-methyl/N-ethyl adjacent to an activating group) is 1. The molecule has 0 aliphatic rings. The number of aromatic nitrogens is 1. The van der Waals surface area contributed by atoms with E-state index in [2.05, 4.69) is 15.6 Å². The van der Waals surface area contributed by atoms with Crippen molar-refractivity contribution in [3.05, 3.63) is 65.7 Å². The van der Waals surface area contributed by atoms with Crippen LogP contribution in [0.3, 0.4) is 0 Å². The molecule has 2 N–H and O–H groups in total. The third-order valence-electron chi connectivity index (χ3n) is 4.29. The second-order valence-corrected chi connectivity index (χ2v) is 9.66. The summed E-state index contributed by atoms with van der Waals surface area (Å²) in [4.78, 5) is 27.9. The van der Waals surface area contributed by atoms with Crippen molar-refractivity contribution in [2.45, 2.75) is 18.4 Å². The fraction of sp³-hybridized carbons (Fsp3) is 0.190. The SMILES string of the molecule is CC(=O)Nc1ccc(S(=O)(=O)N(C)CC(=O)NCc2csc(-c3ccccc3)n2)cc1. The van der Waals surface area contributed by atoms with E-state index in [1.54, 1.807) is 0 Å². The molecule has 0 atom stereocenters. The highest BCUT2D eigenvalue weighted by molar-refractivity contribution is 7.89. The molecule has 0 unspecified atom stereocenters. The minimum atomic E-state index is -3.85. The molecule has 3 rings (SSSR count). The fourth-order valence-electron chi connectivity index (χ4n) is 2.73. The highest BCUT2D eigenvalue weighted by atomic mass is 32.2. The van der Waals surface area contributed by atoms with Gasteiger partial charge in [0.25, 0.3) is 0 Å². The molecule has 0 spiro atoms. The summed E-state index contributed by atoms with van der Waals surface area (Å²) in [5, 5.41) is 7.99. The van der Waals surface area contributed by atoms with Gasteiger partial charge >= 0.3 is 0 Å². The van der Waals surface area contributed by atoms with Gasteiger partial charge in [-0.1, -0.05) is 30.3 Å². The lowest BCUT2D eigenvalue weighted by atomic mass is 10.2. The third-order valence-corrected chi connectivity index (χ3v) is 7.05. The molecule has 0 saturated carbocycles. The minimum absolute atomic E-state index is 0.0314. The van der Waals surface area contributed by atoms with Crippen LogP contribution in [0, 0.1) is 0 Å². The molecule has 31 heavy (non-hydrogen) atoms. The number of nitrogens with zero attached hydrogens (tertiary/aromatic N) is 2. The number of rotatable bonds is 8. The number of anilines is 1. The van der Waals surface area contributed by atoms with E-state index in [1.807, 2.05) is 35.7 Å². The zero-order valence-corrected chi connectivity index (χ0v) is 18.7. The van der Waals surface area contributed by atoms with Gasteiger partial charge in [-0.2, -0.15) is 4.31 Å². The number of sulfonamides is 1. The maximum absolute atomic E-state index is 12.7. The van der Waals surface area contributed by atoms with Crippen molar-refractivity contribution in [2.75, 3.05) is 18.9 Å². The van der Waals surface area contributed by atoms with Crippen molar-refractivity contribution in [3.63, 3.8) is 0 Å². The van der Waals surface area contributed by atoms with Crippen LogP contribution in [0.2, 0.25) is 0 Å². The zero-order valence-electron chi connectivity index (χ0n) is 17.0. The maximum Gasteiger partial charge on any atom is 0.243 e. The lowest BCUT2D eigenvalue weighted by molar-refractivity contribution is -0.121. The Labute approximate surface area is 185 Å². The van der Waals surface area contributed by atoms with Gasteiger partial charge < -0.3 is 10.6 Å². The Hall–Kier alpha value is -3.08. The molecule has 3 aromatic rings. The first-order valence-corrected chi connectivity index (χ1v) is 11.7. The van der Waals surface area contributed by atoms with Crippen molar-refractivity contribution in [1.82, 2.24) is 14.6 Å². The van der Waals surface area contributed by atoms with Gasteiger partial charge in [0.15, 0.2) is 0 Å². The average molecular weight is 459 g/mol. The van der Waals surface area contributed by atoms with Crippen LogP contribution in [0.1, 0.15) is 12.6 Å². The first kappa shape index (κ1) is 22.6. The Bertz CT molecular complexity index is 1160. The van der Waals surface area contributed by atoms with Crippen molar-refractivity contribution in [3.8, 4) is 10.6 Å². The van der Waals surface area contributed by atoms with E-state index in [-0.39, 0.29) is 23.9 Å². The third kappa shape index (κ3) is 5.97. The van der Waals surface area contributed by atoms with E-state index in [4.69, 9.17) is 0 Å². The average Bonchev–Trinajstić information content (AvgIpc) is 3.22. The second-order valence-electron chi connectivity index (χ2n) is 6.75. The van der Waals surface area contributed by atoms with Gasteiger partial charge in [-0.05, 0) is 24.3 Å². The Balaban J connectivity index is 1.56. The largest absolute Gasteiger partial charge is 0.349 e. The molecule has 0 bridgehead atoms. The predicted octanol–water partition coefficient (Wildman–Crippen LogP) is 2.71. The number of hydrogen-bond acceptors (Lipinski definition) is 6. The summed E-state index contributed by atoms with van der Waals surface area (Å²) in [6.07, 6.45) is 0. The van der Waals surface area contributed by atoms with Crippen molar-refractivity contribution >= 4 is 38.9 Å². The summed E-state index contributed by atoms with van der Waals surface area (Å²) < 4.78 is 26.3. The Morgan fingerprint density at radius 2 is 1.74 bits per heavy atom. The quantitative estimate of drug-likeness (QED) is 0.540. The van der Waals surface area contributed by atoms with Crippen molar-refractivity contribution in [1.29, 1.82) is 0 Å². The molecular weight excluding hydrogens is 436 g/mol. The number of carbonyl (C=O) groups is 2. The van der Waals surface area contributed by atoms with Gasteiger partial charge in [0.05, 0.1) is 23.7 Å². The summed E-state index contributed by atoms with van der Waals surface area (Å²) in [6.45, 7) is 1.25. The van der Waals surface area contributed by atoms with Crippen LogP contribution in [0.15, 0.2) is 64.9 Å². The summed E-state index contributed by atoms with van der Waals surface area (Å²) in [5.41, 5.74) is 2.20. The van der Waals surface area contributed by atoms with Crippen LogP contribution < -0.4 is 10.6 Å². The van der Waals surface area contributed by atoms with Gasteiger partial charge in [0.1, 0.15) is 5.01 Å². The van der Waals surface area contributed by atoms with Crippen LogP contribution in [0.25, 0.3) is 10.6 Å². The first-order chi connectivity index (χ1) is 14.8. The normalized spacial score (nSPS) is 11.3. The molecule has 1 heterocycles. The van der Waals surface area contributed by atoms with Crippen LogP contribution in [-0.2, 0) is 26.2 Å². The molecule has 0 radical (unpaired) electrons. The van der Waals surface area contributed by atoms with Gasteiger partial charge in [-0.15, -0.1) is 11.3 Å². The number of carbonyl (C=O) groups excluding carboxylic acids is 2. The molecule has 0 aliphatic heterocycles. The van der Waals surface area contributed by atoms with E-state index in [0.29, 0.717) is 11.4 Å². The van der Waals surface area contributed by atoms with E-state index >= 15 is 0 Å². The summed E-state index contributed by atoms with van der Waals surface area (Å²) in [5.74, 6) is -0.685.